The van der Waals surface area contributed by atoms with Gasteiger partial charge in [-0.15, -0.1) is 11.3 Å². The van der Waals surface area contributed by atoms with Crippen molar-refractivity contribution >= 4 is 29.1 Å². The number of nitrogens with zero attached hydrogens (tertiary/aromatic N) is 2. The summed E-state index contributed by atoms with van der Waals surface area (Å²) in [6.07, 6.45) is 1.72. The van der Waals surface area contributed by atoms with Gasteiger partial charge in [-0.1, -0.05) is 0 Å². The van der Waals surface area contributed by atoms with Gasteiger partial charge in [0.1, 0.15) is 0 Å². The highest BCUT2D eigenvalue weighted by atomic mass is 32.1. The number of hydrogen-bond donors (Lipinski definition) is 1. The Morgan fingerprint density at radius 3 is 2.68 bits per heavy atom. The van der Waals surface area contributed by atoms with E-state index in [2.05, 4.69) is 10.3 Å². The van der Waals surface area contributed by atoms with Crippen molar-refractivity contribution in [3.05, 3.63) is 51.0 Å². The van der Waals surface area contributed by atoms with Gasteiger partial charge in [-0.05, 0) is 25.1 Å². The molecule has 3 amide bonds. The molecule has 1 N–H and O–H groups in total. The van der Waals surface area contributed by atoms with E-state index in [1.54, 1.807) is 12.3 Å². The Morgan fingerprint density at radius 1 is 1.27 bits per heavy atom. The van der Waals surface area contributed by atoms with Crippen LogP contribution in [-0.4, -0.2) is 34.7 Å². The molecule has 112 valence electrons. The zero-order chi connectivity index (χ0) is 15.9. The molecule has 0 aliphatic carbocycles. The minimum absolute atomic E-state index is 0.272. The molecule has 7 heteroatoms. The fourth-order valence-electron chi connectivity index (χ4n) is 2.26. The summed E-state index contributed by atoms with van der Waals surface area (Å²) in [4.78, 5) is 42.0. The molecule has 22 heavy (non-hydrogen) atoms. The van der Waals surface area contributed by atoms with Crippen molar-refractivity contribution in [2.45, 2.75) is 13.5 Å². The Morgan fingerprint density at radius 2 is 2.00 bits per heavy atom. The maximum atomic E-state index is 12.2. The van der Waals surface area contributed by atoms with Crippen LogP contribution in [0.3, 0.4) is 0 Å². The SMILES string of the molecule is Cc1ncc(CNC(=O)c2ccc3c(c2)C(=O)N(C)C3=O)s1. The second-order valence-electron chi connectivity index (χ2n) is 4.96. The maximum Gasteiger partial charge on any atom is 0.261 e. The Bertz CT molecular complexity index is 797. The fourth-order valence-corrected chi connectivity index (χ4v) is 2.99. The summed E-state index contributed by atoms with van der Waals surface area (Å²) in [5.41, 5.74) is 0.965. The van der Waals surface area contributed by atoms with Crippen molar-refractivity contribution in [2.75, 3.05) is 7.05 Å². The van der Waals surface area contributed by atoms with Crippen molar-refractivity contribution in [3.8, 4) is 0 Å². The molecular weight excluding hydrogens is 302 g/mol. The zero-order valence-electron chi connectivity index (χ0n) is 12.0. The first kappa shape index (κ1) is 14.4. The topological polar surface area (TPSA) is 79.4 Å². The normalized spacial score (nSPS) is 13.5. The molecule has 1 aliphatic heterocycles. The molecule has 2 heterocycles. The van der Waals surface area contributed by atoms with Crippen LogP contribution in [0.2, 0.25) is 0 Å². The summed E-state index contributed by atoms with van der Waals surface area (Å²) in [6, 6.07) is 4.54. The summed E-state index contributed by atoms with van der Waals surface area (Å²) >= 11 is 1.51. The highest BCUT2D eigenvalue weighted by molar-refractivity contribution is 7.11. The summed E-state index contributed by atoms with van der Waals surface area (Å²) in [6.45, 7) is 2.28. The maximum absolute atomic E-state index is 12.2. The molecular formula is C15H13N3O3S. The van der Waals surface area contributed by atoms with E-state index in [4.69, 9.17) is 0 Å². The predicted molar refractivity (Wildman–Crippen MR) is 80.9 cm³/mol. The Hall–Kier alpha value is -2.54. The lowest BCUT2D eigenvalue weighted by atomic mass is 10.1. The lowest BCUT2D eigenvalue weighted by Gasteiger charge is -2.04. The van der Waals surface area contributed by atoms with Gasteiger partial charge in [-0.3, -0.25) is 19.3 Å². The van der Waals surface area contributed by atoms with Gasteiger partial charge >= 0.3 is 0 Å². The van der Waals surface area contributed by atoms with Crippen molar-refractivity contribution in [1.29, 1.82) is 0 Å². The molecule has 1 aromatic heterocycles. The highest BCUT2D eigenvalue weighted by Gasteiger charge is 2.33. The van der Waals surface area contributed by atoms with Crippen LogP contribution in [0.1, 0.15) is 41.0 Å². The zero-order valence-corrected chi connectivity index (χ0v) is 12.9. The van der Waals surface area contributed by atoms with Crippen molar-refractivity contribution in [3.63, 3.8) is 0 Å². The Balaban J connectivity index is 1.77. The number of aryl methyl sites for hydroxylation is 1. The van der Waals surface area contributed by atoms with E-state index in [0.717, 1.165) is 14.8 Å². The third-order valence-corrected chi connectivity index (χ3v) is 4.36. The molecule has 0 saturated heterocycles. The quantitative estimate of drug-likeness (QED) is 0.873. The van der Waals surface area contributed by atoms with E-state index < -0.39 is 0 Å². The highest BCUT2D eigenvalue weighted by Crippen LogP contribution is 2.22. The predicted octanol–water partition coefficient (Wildman–Crippen LogP) is 1.61. The molecule has 0 fully saturated rings. The molecule has 0 bridgehead atoms. The first-order valence-corrected chi connectivity index (χ1v) is 7.45. The minimum Gasteiger partial charge on any atom is -0.347 e. The molecule has 2 aromatic rings. The monoisotopic (exact) mass is 315 g/mol. The summed E-state index contributed by atoms with van der Waals surface area (Å²) in [5, 5.41) is 3.72. The van der Waals surface area contributed by atoms with Crippen molar-refractivity contribution in [2.24, 2.45) is 0 Å². The summed E-state index contributed by atoms with van der Waals surface area (Å²) in [5.74, 6) is -1.01. The number of benzene rings is 1. The van der Waals surface area contributed by atoms with E-state index in [-0.39, 0.29) is 23.3 Å². The lowest BCUT2D eigenvalue weighted by molar-refractivity contribution is 0.0693. The van der Waals surface area contributed by atoms with Crippen LogP contribution in [0.25, 0.3) is 0 Å². The minimum atomic E-state index is -0.382. The van der Waals surface area contributed by atoms with E-state index in [0.29, 0.717) is 17.7 Å². The van der Waals surface area contributed by atoms with Crippen LogP contribution in [-0.2, 0) is 6.54 Å². The van der Waals surface area contributed by atoms with Gasteiger partial charge in [-0.2, -0.15) is 0 Å². The van der Waals surface area contributed by atoms with Crippen LogP contribution in [0, 0.1) is 6.92 Å². The van der Waals surface area contributed by atoms with Crippen LogP contribution in [0.5, 0.6) is 0 Å². The number of fused-ring (bicyclic) bond motifs is 1. The van der Waals surface area contributed by atoms with E-state index in [1.807, 2.05) is 6.92 Å². The van der Waals surface area contributed by atoms with Crippen LogP contribution < -0.4 is 5.32 Å². The van der Waals surface area contributed by atoms with E-state index in [9.17, 15) is 14.4 Å². The number of nitrogens with one attached hydrogen (secondary N) is 1. The average molecular weight is 315 g/mol. The van der Waals surface area contributed by atoms with Gasteiger partial charge in [0.15, 0.2) is 0 Å². The lowest BCUT2D eigenvalue weighted by Crippen LogP contribution is -2.24. The first-order chi connectivity index (χ1) is 10.5. The number of thiazole rings is 1. The fraction of sp³-hybridized carbons (Fsp3) is 0.200. The van der Waals surface area contributed by atoms with Gasteiger partial charge in [0.05, 0.1) is 22.7 Å². The van der Waals surface area contributed by atoms with Gasteiger partial charge in [0, 0.05) is 23.7 Å². The van der Waals surface area contributed by atoms with E-state index in [1.165, 1.54) is 30.5 Å². The standard InChI is InChI=1S/C15H13N3O3S/c1-8-16-6-10(22-8)7-17-13(19)9-3-4-11-12(5-9)15(21)18(2)14(11)20/h3-6H,7H2,1-2H3,(H,17,19). The van der Waals surface area contributed by atoms with E-state index >= 15 is 0 Å². The number of hydrogen-bond acceptors (Lipinski definition) is 5. The van der Waals surface area contributed by atoms with Gasteiger partial charge < -0.3 is 5.32 Å². The number of carbonyl (C=O) groups excluding carboxylic acids is 3. The molecule has 6 nitrogen and oxygen atoms in total. The van der Waals surface area contributed by atoms with Gasteiger partial charge in [-0.25, -0.2) is 4.98 Å². The average Bonchev–Trinajstić information content (AvgIpc) is 3.03. The molecule has 3 rings (SSSR count). The summed E-state index contributed by atoms with van der Waals surface area (Å²) < 4.78 is 0. The second-order valence-corrected chi connectivity index (χ2v) is 6.28. The smallest absolute Gasteiger partial charge is 0.261 e. The third-order valence-electron chi connectivity index (χ3n) is 3.44. The van der Waals surface area contributed by atoms with Crippen LogP contribution in [0.15, 0.2) is 24.4 Å². The second kappa shape index (κ2) is 5.34. The number of imide groups is 1. The molecule has 0 radical (unpaired) electrons. The van der Waals surface area contributed by atoms with Crippen molar-refractivity contribution < 1.29 is 14.4 Å². The van der Waals surface area contributed by atoms with Gasteiger partial charge in [0.25, 0.3) is 17.7 Å². The molecule has 1 aliphatic rings. The molecule has 0 atom stereocenters. The van der Waals surface area contributed by atoms with Crippen molar-refractivity contribution in [1.82, 2.24) is 15.2 Å². The Kier molecular flexibility index (Phi) is 3.50. The van der Waals surface area contributed by atoms with Crippen LogP contribution in [0.4, 0.5) is 0 Å². The molecule has 0 spiro atoms. The van der Waals surface area contributed by atoms with Gasteiger partial charge in [0.2, 0.25) is 0 Å². The third kappa shape index (κ3) is 2.39. The molecule has 0 unspecified atom stereocenters. The Labute approximate surface area is 130 Å². The number of carbonyl (C=O) groups is 3. The number of rotatable bonds is 3. The summed E-state index contributed by atoms with van der Waals surface area (Å²) in [7, 11) is 1.43. The largest absolute Gasteiger partial charge is 0.347 e. The van der Waals surface area contributed by atoms with Crippen LogP contribution >= 0.6 is 11.3 Å². The molecule has 0 saturated carbocycles. The first-order valence-electron chi connectivity index (χ1n) is 6.63. The molecule has 1 aromatic carbocycles. The number of aromatic nitrogens is 1. The number of amides is 3.